The van der Waals surface area contributed by atoms with Gasteiger partial charge in [0, 0.05) is 41.2 Å². The molecule has 1 amide bonds. The number of amides is 1. The fraction of sp³-hybridized carbons (Fsp3) is 0.353. The van der Waals surface area contributed by atoms with E-state index in [1.165, 1.54) is 11.3 Å². The van der Waals surface area contributed by atoms with Gasteiger partial charge in [0.25, 0.3) is 0 Å². The van der Waals surface area contributed by atoms with Crippen molar-refractivity contribution in [2.45, 2.75) is 13.3 Å². The molecule has 0 saturated carbocycles. The van der Waals surface area contributed by atoms with Gasteiger partial charge >= 0.3 is 0 Å². The van der Waals surface area contributed by atoms with Gasteiger partial charge in [0.1, 0.15) is 0 Å². The van der Waals surface area contributed by atoms with Crippen LogP contribution in [-0.2, 0) is 11.2 Å². The summed E-state index contributed by atoms with van der Waals surface area (Å²) in [4.78, 5) is 17.8. The van der Waals surface area contributed by atoms with Crippen molar-refractivity contribution in [3.8, 4) is 0 Å². The summed E-state index contributed by atoms with van der Waals surface area (Å²) in [6.45, 7) is 5.48. The topological polar surface area (TPSA) is 23.6 Å². The number of carbonyl (C=O) groups is 1. The SMILES string of the molecule is Cc1ccc(N2CCN(C(=O)Cc3cccs3)CC2)cc1Br. The van der Waals surface area contributed by atoms with E-state index in [-0.39, 0.29) is 5.91 Å². The van der Waals surface area contributed by atoms with Crippen LogP contribution < -0.4 is 4.90 Å². The van der Waals surface area contributed by atoms with Crippen LogP contribution >= 0.6 is 27.3 Å². The monoisotopic (exact) mass is 378 g/mol. The Balaban J connectivity index is 1.57. The summed E-state index contributed by atoms with van der Waals surface area (Å²) in [5, 5.41) is 2.02. The number of carbonyl (C=O) groups excluding carboxylic acids is 1. The smallest absolute Gasteiger partial charge is 0.227 e. The van der Waals surface area contributed by atoms with Gasteiger partial charge in [-0.3, -0.25) is 4.79 Å². The third-order valence-electron chi connectivity index (χ3n) is 4.06. The maximum atomic E-state index is 12.3. The number of benzene rings is 1. The largest absolute Gasteiger partial charge is 0.368 e. The van der Waals surface area contributed by atoms with Gasteiger partial charge in [0.2, 0.25) is 5.91 Å². The fourth-order valence-corrected chi connectivity index (χ4v) is 3.73. The second-order valence-electron chi connectivity index (χ2n) is 5.56. The zero-order valence-corrected chi connectivity index (χ0v) is 15.0. The van der Waals surface area contributed by atoms with Crippen LogP contribution in [-0.4, -0.2) is 37.0 Å². The highest BCUT2D eigenvalue weighted by molar-refractivity contribution is 9.10. The Hall–Kier alpha value is -1.33. The minimum absolute atomic E-state index is 0.243. The number of hydrogen-bond acceptors (Lipinski definition) is 3. The molecule has 2 heterocycles. The van der Waals surface area contributed by atoms with Crippen LogP contribution in [0.2, 0.25) is 0 Å². The van der Waals surface area contributed by atoms with Crippen molar-refractivity contribution in [1.29, 1.82) is 0 Å². The highest BCUT2D eigenvalue weighted by Crippen LogP contribution is 2.24. The van der Waals surface area contributed by atoms with Crippen molar-refractivity contribution in [3.63, 3.8) is 0 Å². The molecule has 116 valence electrons. The highest BCUT2D eigenvalue weighted by Gasteiger charge is 2.21. The Morgan fingerprint density at radius 3 is 2.64 bits per heavy atom. The zero-order chi connectivity index (χ0) is 15.5. The van der Waals surface area contributed by atoms with E-state index in [0.717, 1.165) is 35.5 Å². The lowest BCUT2D eigenvalue weighted by atomic mass is 10.2. The molecule has 3 rings (SSSR count). The van der Waals surface area contributed by atoms with E-state index in [1.54, 1.807) is 11.3 Å². The van der Waals surface area contributed by atoms with Gasteiger partial charge < -0.3 is 9.80 Å². The van der Waals surface area contributed by atoms with Crippen LogP contribution in [0.1, 0.15) is 10.4 Å². The molecule has 1 fully saturated rings. The van der Waals surface area contributed by atoms with Crippen LogP contribution in [0.4, 0.5) is 5.69 Å². The van der Waals surface area contributed by atoms with E-state index in [1.807, 2.05) is 22.4 Å². The number of rotatable bonds is 3. The Bertz CT molecular complexity index is 649. The second kappa shape index (κ2) is 6.84. The van der Waals surface area contributed by atoms with Gasteiger partial charge in [-0.15, -0.1) is 11.3 Å². The molecule has 1 saturated heterocycles. The molecule has 0 unspecified atom stereocenters. The molecule has 0 bridgehead atoms. The molecule has 1 aromatic carbocycles. The van der Waals surface area contributed by atoms with E-state index < -0.39 is 0 Å². The third-order valence-corrected chi connectivity index (χ3v) is 5.79. The van der Waals surface area contributed by atoms with Crippen LogP contribution in [0.25, 0.3) is 0 Å². The van der Waals surface area contributed by atoms with Crippen molar-refractivity contribution >= 4 is 38.9 Å². The number of anilines is 1. The molecule has 0 aliphatic carbocycles. The Morgan fingerprint density at radius 2 is 2.00 bits per heavy atom. The maximum Gasteiger partial charge on any atom is 0.227 e. The van der Waals surface area contributed by atoms with Gasteiger partial charge in [-0.2, -0.15) is 0 Å². The molecule has 1 aliphatic heterocycles. The first kappa shape index (κ1) is 15.6. The standard InChI is InChI=1S/C17H19BrN2OS/c1-13-4-5-14(11-16(13)18)19-6-8-20(9-7-19)17(21)12-15-3-2-10-22-15/h2-5,10-11H,6-9,12H2,1H3. The molecule has 0 radical (unpaired) electrons. The summed E-state index contributed by atoms with van der Waals surface area (Å²) in [7, 11) is 0. The first-order valence-electron chi connectivity index (χ1n) is 7.45. The predicted octanol–water partition coefficient (Wildman–Crippen LogP) is 3.71. The van der Waals surface area contributed by atoms with Crippen molar-refractivity contribution in [2.75, 3.05) is 31.1 Å². The quantitative estimate of drug-likeness (QED) is 0.812. The predicted molar refractivity (Wildman–Crippen MR) is 95.7 cm³/mol. The molecule has 0 atom stereocenters. The minimum atomic E-state index is 0.243. The minimum Gasteiger partial charge on any atom is -0.368 e. The highest BCUT2D eigenvalue weighted by atomic mass is 79.9. The number of hydrogen-bond donors (Lipinski definition) is 0. The lowest BCUT2D eigenvalue weighted by Crippen LogP contribution is -2.49. The average Bonchev–Trinajstić information content (AvgIpc) is 3.03. The van der Waals surface area contributed by atoms with Gasteiger partial charge in [-0.05, 0) is 36.1 Å². The summed E-state index contributed by atoms with van der Waals surface area (Å²) in [6.07, 6.45) is 0.535. The molecule has 2 aromatic rings. The number of halogens is 1. The van der Waals surface area contributed by atoms with E-state index in [2.05, 4.69) is 46.0 Å². The molecule has 0 N–H and O–H groups in total. The Morgan fingerprint density at radius 1 is 1.23 bits per heavy atom. The number of aryl methyl sites for hydroxylation is 1. The van der Waals surface area contributed by atoms with Crippen LogP contribution in [0.15, 0.2) is 40.2 Å². The van der Waals surface area contributed by atoms with Crippen molar-refractivity contribution in [3.05, 3.63) is 50.6 Å². The first-order chi connectivity index (χ1) is 10.6. The summed E-state index contributed by atoms with van der Waals surface area (Å²) >= 11 is 5.24. The van der Waals surface area contributed by atoms with E-state index in [0.29, 0.717) is 6.42 Å². The van der Waals surface area contributed by atoms with Crippen molar-refractivity contribution < 1.29 is 4.79 Å². The van der Waals surface area contributed by atoms with Gasteiger partial charge in [0.15, 0.2) is 0 Å². The summed E-state index contributed by atoms with van der Waals surface area (Å²) in [5.74, 6) is 0.243. The van der Waals surface area contributed by atoms with Crippen molar-refractivity contribution in [1.82, 2.24) is 4.90 Å². The maximum absolute atomic E-state index is 12.3. The molecule has 5 heteroatoms. The number of thiophene rings is 1. The number of nitrogens with zero attached hydrogens (tertiary/aromatic N) is 2. The van der Waals surface area contributed by atoms with Crippen LogP contribution in [0.5, 0.6) is 0 Å². The van der Waals surface area contributed by atoms with Crippen LogP contribution in [0.3, 0.4) is 0 Å². The van der Waals surface area contributed by atoms with Crippen molar-refractivity contribution in [2.24, 2.45) is 0 Å². The fourth-order valence-electron chi connectivity index (χ4n) is 2.67. The van der Waals surface area contributed by atoms with E-state index in [9.17, 15) is 4.79 Å². The third kappa shape index (κ3) is 3.52. The second-order valence-corrected chi connectivity index (χ2v) is 7.44. The molecular weight excluding hydrogens is 360 g/mol. The van der Waals surface area contributed by atoms with Gasteiger partial charge in [-0.25, -0.2) is 0 Å². The first-order valence-corrected chi connectivity index (χ1v) is 9.12. The molecule has 3 nitrogen and oxygen atoms in total. The zero-order valence-electron chi connectivity index (χ0n) is 12.6. The van der Waals surface area contributed by atoms with Gasteiger partial charge in [0.05, 0.1) is 6.42 Å². The molecule has 0 spiro atoms. The van der Waals surface area contributed by atoms with Crippen LogP contribution in [0, 0.1) is 6.92 Å². The summed E-state index contributed by atoms with van der Waals surface area (Å²) in [6, 6.07) is 10.5. The molecule has 1 aliphatic rings. The normalized spacial score (nSPS) is 15.2. The lowest BCUT2D eigenvalue weighted by Gasteiger charge is -2.36. The molecule has 1 aromatic heterocycles. The lowest BCUT2D eigenvalue weighted by molar-refractivity contribution is -0.130. The van der Waals surface area contributed by atoms with E-state index >= 15 is 0 Å². The molecular formula is C17H19BrN2OS. The Kier molecular flexibility index (Phi) is 4.84. The summed E-state index contributed by atoms with van der Waals surface area (Å²) < 4.78 is 1.14. The average molecular weight is 379 g/mol. The Labute approximate surface area is 143 Å². The van der Waals surface area contributed by atoms with E-state index in [4.69, 9.17) is 0 Å². The summed E-state index contributed by atoms with van der Waals surface area (Å²) in [5.41, 5.74) is 2.47. The van der Waals surface area contributed by atoms with Gasteiger partial charge in [-0.1, -0.05) is 28.1 Å². The number of piperazine rings is 1. The molecule has 22 heavy (non-hydrogen) atoms.